The van der Waals surface area contributed by atoms with E-state index in [0.29, 0.717) is 11.5 Å². The Kier molecular flexibility index (Phi) is 3.61. The van der Waals surface area contributed by atoms with Gasteiger partial charge in [0.25, 0.3) is 0 Å². The Morgan fingerprint density at radius 3 is 2.68 bits per heavy atom. The van der Waals surface area contributed by atoms with Crippen LogP contribution >= 0.6 is 12.2 Å². The van der Waals surface area contributed by atoms with Gasteiger partial charge in [0.1, 0.15) is 22.3 Å². The summed E-state index contributed by atoms with van der Waals surface area (Å²) in [5, 5.41) is 4.38. The summed E-state index contributed by atoms with van der Waals surface area (Å²) in [6.45, 7) is 4.48. The van der Waals surface area contributed by atoms with Gasteiger partial charge in [-0.1, -0.05) is 12.2 Å². The number of aromatic nitrogens is 2. The lowest BCUT2D eigenvalue weighted by molar-refractivity contribution is 0.480. The lowest BCUT2D eigenvalue weighted by atomic mass is 10.2. The fourth-order valence-electron chi connectivity index (χ4n) is 2.25. The van der Waals surface area contributed by atoms with Gasteiger partial charge in [0.15, 0.2) is 0 Å². The summed E-state index contributed by atoms with van der Waals surface area (Å²) >= 11 is 5.11. The van der Waals surface area contributed by atoms with E-state index >= 15 is 0 Å². The zero-order valence-electron chi connectivity index (χ0n) is 11.6. The molecule has 0 spiro atoms. The quantitative estimate of drug-likeness (QED) is 0.866. The predicted molar refractivity (Wildman–Crippen MR) is 79.4 cm³/mol. The Morgan fingerprint density at radius 2 is 2.16 bits per heavy atom. The number of nitrogens with zero attached hydrogens (tertiary/aromatic N) is 3. The Bertz CT molecular complexity index is 614. The summed E-state index contributed by atoms with van der Waals surface area (Å²) in [5.41, 5.74) is 7.45. The highest BCUT2D eigenvalue weighted by atomic mass is 32.1. The minimum absolute atomic E-state index is 0.364. The third-order valence-electron chi connectivity index (χ3n) is 2.99. The van der Waals surface area contributed by atoms with Gasteiger partial charge in [0, 0.05) is 14.1 Å². The van der Waals surface area contributed by atoms with Crippen LogP contribution in [0.2, 0.25) is 0 Å². The van der Waals surface area contributed by atoms with E-state index < -0.39 is 0 Å². The summed E-state index contributed by atoms with van der Waals surface area (Å²) in [5.74, 6) is 2.70. The number of hydrogen-bond acceptors (Lipinski definition) is 4. The largest absolute Gasteiger partial charge is 0.464 e. The number of aryl methyl sites for hydroxylation is 3. The van der Waals surface area contributed by atoms with Crippen LogP contribution in [0.25, 0.3) is 0 Å². The molecule has 0 atom stereocenters. The SMILES string of the molecule is Cc1ccc(CN(C)c2c(C(N)=S)c(C)nn2C)o1. The molecule has 0 saturated carbocycles. The van der Waals surface area contributed by atoms with Gasteiger partial charge in [-0.3, -0.25) is 4.68 Å². The van der Waals surface area contributed by atoms with Gasteiger partial charge in [-0.15, -0.1) is 0 Å². The van der Waals surface area contributed by atoms with Crippen LogP contribution in [0, 0.1) is 13.8 Å². The smallest absolute Gasteiger partial charge is 0.137 e. The zero-order valence-corrected chi connectivity index (χ0v) is 12.4. The Balaban J connectivity index is 2.33. The lowest BCUT2D eigenvalue weighted by Gasteiger charge is -2.19. The van der Waals surface area contributed by atoms with Crippen LogP contribution in [0.15, 0.2) is 16.5 Å². The van der Waals surface area contributed by atoms with E-state index in [2.05, 4.69) is 5.10 Å². The molecule has 6 heteroatoms. The first kappa shape index (κ1) is 13.6. The number of furan rings is 1. The summed E-state index contributed by atoms with van der Waals surface area (Å²) < 4.78 is 7.38. The standard InChI is InChI=1S/C13H18N4OS/c1-8-5-6-10(18-8)7-16(3)13-11(12(14)19)9(2)15-17(13)4/h5-6H,7H2,1-4H3,(H2,14,19). The third-order valence-corrected chi connectivity index (χ3v) is 3.19. The van der Waals surface area contributed by atoms with Crippen molar-refractivity contribution in [2.45, 2.75) is 20.4 Å². The number of hydrogen-bond donors (Lipinski definition) is 1. The van der Waals surface area contributed by atoms with Crippen molar-refractivity contribution >= 4 is 23.0 Å². The van der Waals surface area contributed by atoms with Gasteiger partial charge in [0.2, 0.25) is 0 Å². The van der Waals surface area contributed by atoms with Gasteiger partial charge in [-0.25, -0.2) is 0 Å². The number of anilines is 1. The van der Waals surface area contributed by atoms with Crippen LogP contribution in [-0.2, 0) is 13.6 Å². The fraction of sp³-hybridized carbons (Fsp3) is 0.385. The van der Waals surface area contributed by atoms with E-state index in [-0.39, 0.29) is 0 Å². The van der Waals surface area contributed by atoms with Gasteiger partial charge >= 0.3 is 0 Å². The topological polar surface area (TPSA) is 60.2 Å². The van der Waals surface area contributed by atoms with Crippen molar-refractivity contribution in [1.82, 2.24) is 9.78 Å². The van der Waals surface area contributed by atoms with E-state index in [1.165, 1.54) is 0 Å². The summed E-state index contributed by atoms with van der Waals surface area (Å²) in [4.78, 5) is 2.40. The summed E-state index contributed by atoms with van der Waals surface area (Å²) in [6.07, 6.45) is 0. The van der Waals surface area contributed by atoms with Crippen molar-refractivity contribution in [3.05, 3.63) is 34.9 Å². The van der Waals surface area contributed by atoms with E-state index in [0.717, 1.165) is 28.6 Å². The minimum Gasteiger partial charge on any atom is -0.464 e. The van der Waals surface area contributed by atoms with Crippen LogP contribution in [0.4, 0.5) is 5.82 Å². The molecule has 19 heavy (non-hydrogen) atoms. The molecule has 102 valence electrons. The molecule has 0 bridgehead atoms. The molecular formula is C13H18N4OS. The second-order valence-electron chi connectivity index (χ2n) is 4.64. The van der Waals surface area contributed by atoms with E-state index in [9.17, 15) is 0 Å². The molecule has 0 aromatic carbocycles. The van der Waals surface area contributed by atoms with Crippen molar-refractivity contribution in [2.24, 2.45) is 12.8 Å². The normalized spacial score (nSPS) is 10.7. The van der Waals surface area contributed by atoms with Crippen molar-refractivity contribution in [1.29, 1.82) is 0 Å². The van der Waals surface area contributed by atoms with Crippen LogP contribution < -0.4 is 10.6 Å². The maximum absolute atomic E-state index is 5.79. The van der Waals surface area contributed by atoms with Gasteiger partial charge in [-0.05, 0) is 26.0 Å². The van der Waals surface area contributed by atoms with Crippen LogP contribution in [-0.4, -0.2) is 21.8 Å². The number of nitrogens with two attached hydrogens (primary N) is 1. The highest BCUT2D eigenvalue weighted by molar-refractivity contribution is 7.80. The third kappa shape index (κ3) is 2.63. The molecule has 0 aliphatic rings. The summed E-state index contributed by atoms with van der Waals surface area (Å²) in [7, 11) is 3.85. The van der Waals surface area contributed by atoms with Gasteiger partial charge in [-0.2, -0.15) is 5.10 Å². The van der Waals surface area contributed by atoms with Gasteiger partial charge in [0.05, 0.1) is 17.8 Å². The first-order chi connectivity index (χ1) is 8.90. The molecule has 0 fully saturated rings. The Hall–Kier alpha value is -1.82. The zero-order chi connectivity index (χ0) is 14.2. The predicted octanol–water partition coefficient (Wildman–Crippen LogP) is 1.90. The molecule has 0 aliphatic heterocycles. The van der Waals surface area contributed by atoms with Crippen molar-refractivity contribution < 1.29 is 4.42 Å². The molecule has 0 amide bonds. The van der Waals surface area contributed by atoms with E-state index in [4.69, 9.17) is 22.4 Å². The Labute approximate surface area is 118 Å². The molecule has 2 heterocycles. The molecule has 2 aromatic rings. The molecule has 5 nitrogen and oxygen atoms in total. The first-order valence-corrected chi connectivity index (χ1v) is 6.41. The molecule has 0 unspecified atom stereocenters. The molecule has 2 aromatic heterocycles. The molecular weight excluding hydrogens is 260 g/mol. The lowest BCUT2D eigenvalue weighted by Crippen LogP contribution is -2.23. The van der Waals surface area contributed by atoms with Gasteiger partial charge < -0.3 is 15.1 Å². The van der Waals surface area contributed by atoms with E-state index in [1.807, 2.05) is 45.0 Å². The molecule has 0 saturated heterocycles. The molecule has 2 N–H and O–H groups in total. The Morgan fingerprint density at radius 1 is 1.47 bits per heavy atom. The van der Waals surface area contributed by atoms with Crippen molar-refractivity contribution in [3.63, 3.8) is 0 Å². The van der Waals surface area contributed by atoms with Crippen LogP contribution in [0.3, 0.4) is 0 Å². The fourth-order valence-corrected chi connectivity index (χ4v) is 2.49. The average molecular weight is 278 g/mol. The first-order valence-electron chi connectivity index (χ1n) is 6.00. The van der Waals surface area contributed by atoms with Crippen molar-refractivity contribution in [2.75, 3.05) is 11.9 Å². The minimum atomic E-state index is 0.364. The maximum atomic E-state index is 5.79. The van der Waals surface area contributed by atoms with Crippen LogP contribution in [0.5, 0.6) is 0 Å². The monoisotopic (exact) mass is 278 g/mol. The average Bonchev–Trinajstić information content (AvgIpc) is 2.82. The van der Waals surface area contributed by atoms with Crippen molar-refractivity contribution in [3.8, 4) is 0 Å². The van der Waals surface area contributed by atoms with E-state index in [1.54, 1.807) is 4.68 Å². The van der Waals surface area contributed by atoms with Crippen LogP contribution in [0.1, 0.15) is 22.8 Å². The highest BCUT2D eigenvalue weighted by Crippen LogP contribution is 2.24. The molecule has 0 radical (unpaired) electrons. The second kappa shape index (κ2) is 5.05. The number of thiocarbonyl (C=S) groups is 1. The molecule has 0 aliphatic carbocycles. The summed E-state index contributed by atoms with van der Waals surface area (Å²) in [6, 6.07) is 3.92. The highest BCUT2D eigenvalue weighted by Gasteiger charge is 2.19. The maximum Gasteiger partial charge on any atom is 0.137 e. The second-order valence-corrected chi connectivity index (χ2v) is 5.08. The molecule has 2 rings (SSSR count). The number of rotatable bonds is 4.